The molecule has 1 aromatic heterocycles. The van der Waals surface area contributed by atoms with Gasteiger partial charge in [-0.25, -0.2) is 10.9 Å². The second-order valence-electron chi connectivity index (χ2n) is 6.83. The van der Waals surface area contributed by atoms with Crippen LogP contribution < -0.4 is 15.6 Å². The highest BCUT2D eigenvalue weighted by Gasteiger charge is 2.55. The van der Waals surface area contributed by atoms with Gasteiger partial charge in [-0.15, -0.1) is 0 Å². The number of nitrogens with one attached hydrogen (secondary N) is 2. The minimum atomic E-state index is -0.246. The van der Waals surface area contributed by atoms with E-state index in [2.05, 4.69) is 28.8 Å². The molecule has 0 saturated carbocycles. The van der Waals surface area contributed by atoms with Crippen molar-refractivity contribution in [2.24, 2.45) is 5.92 Å². The second kappa shape index (κ2) is 7.05. The van der Waals surface area contributed by atoms with Gasteiger partial charge in [0.1, 0.15) is 11.8 Å². The van der Waals surface area contributed by atoms with Crippen molar-refractivity contribution >= 4 is 5.91 Å². The third kappa shape index (κ3) is 2.75. The minimum absolute atomic E-state index is 0.00733. The molecule has 2 aliphatic heterocycles. The van der Waals surface area contributed by atoms with E-state index >= 15 is 0 Å². The summed E-state index contributed by atoms with van der Waals surface area (Å²) in [7, 11) is 1.67. The minimum Gasteiger partial charge on any atom is -0.497 e. The molecule has 6 heteroatoms. The van der Waals surface area contributed by atoms with Crippen LogP contribution in [0.2, 0.25) is 0 Å². The highest BCUT2D eigenvalue weighted by molar-refractivity contribution is 5.86. The first kappa shape index (κ1) is 17.0. The molecule has 136 valence electrons. The number of methoxy groups -OCH3 is 1. The summed E-state index contributed by atoms with van der Waals surface area (Å²) in [5.74, 6) is 1.03. The first-order valence-corrected chi connectivity index (χ1v) is 9.11. The zero-order chi connectivity index (χ0) is 18.1. The van der Waals surface area contributed by atoms with Crippen molar-refractivity contribution in [3.63, 3.8) is 0 Å². The van der Waals surface area contributed by atoms with Crippen LogP contribution in [0.5, 0.6) is 5.75 Å². The average Bonchev–Trinajstić information content (AvgIpc) is 3.23. The first-order chi connectivity index (χ1) is 12.7. The smallest absolute Gasteiger partial charge is 0.242 e. The van der Waals surface area contributed by atoms with Gasteiger partial charge in [0.15, 0.2) is 0 Å². The van der Waals surface area contributed by atoms with Gasteiger partial charge in [-0.05, 0) is 36.2 Å². The molecule has 26 heavy (non-hydrogen) atoms. The van der Waals surface area contributed by atoms with E-state index in [4.69, 9.17) is 4.74 Å². The van der Waals surface area contributed by atoms with E-state index in [1.165, 1.54) is 0 Å². The molecule has 4 unspecified atom stereocenters. The molecule has 2 aromatic rings. The van der Waals surface area contributed by atoms with Gasteiger partial charge in [0.2, 0.25) is 5.91 Å². The lowest BCUT2D eigenvalue weighted by molar-refractivity contribution is -0.130. The number of pyridine rings is 1. The summed E-state index contributed by atoms with van der Waals surface area (Å²) in [6.45, 7) is 2.83. The molecule has 2 aliphatic rings. The Labute approximate surface area is 153 Å². The monoisotopic (exact) mass is 352 g/mol. The van der Waals surface area contributed by atoms with Crippen LogP contribution in [0, 0.1) is 5.92 Å². The normalized spacial score (nSPS) is 27.6. The van der Waals surface area contributed by atoms with Gasteiger partial charge in [0.05, 0.1) is 24.9 Å². The quantitative estimate of drug-likeness (QED) is 0.864. The molecule has 0 bridgehead atoms. The van der Waals surface area contributed by atoms with Crippen LogP contribution in [-0.4, -0.2) is 35.5 Å². The second-order valence-corrected chi connectivity index (χ2v) is 6.83. The summed E-state index contributed by atoms with van der Waals surface area (Å²) in [5.41, 5.74) is 8.62. The van der Waals surface area contributed by atoms with Gasteiger partial charge in [-0.1, -0.05) is 25.1 Å². The van der Waals surface area contributed by atoms with Gasteiger partial charge < -0.3 is 9.64 Å². The molecule has 1 amide bonds. The summed E-state index contributed by atoms with van der Waals surface area (Å²) in [5, 5.41) is 0. The molecule has 0 aliphatic carbocycles. The highest BCUT2D eigenvalue weighted by Crippen LogP contribution is 2.46. The predicted octanol–water partition coefficient (Wildman–Crippen LogP) is 2.22. The number of likely N-dealkylation sites (tertiary alicyclic amines) is 1. The summed E-state index contributed by atoms with van der Waals surface area (Å²) >= 11 is 0. The third-order valence-corrected chi connectivity index (χ3v) is 5.32. The molecule has 0 radical (unpaired) electrons. The molecule has 4 atom stereocenters. The molecular formula is C20H24N4O2. The number of ether oxygens (including phenoxy) is 1. The summed E-state index contributed by atoms with van der Waals surface area (Å²) < 4.78 is 5.38. The predicted molar refractivity (Wildman–Crippen MR) is 98.3 cm³/mol. The Bertz CT molecular complexity index is 782. The summed E-state index contributed by atoms with van der Waals surface area (Å²) in [4.78, 5) is 19.6. The van der Waals surface area contributed by atoms with Crippen molar-refractivity contribution in [1.29, 1.82) is 0 Å². The molecule has 4 rings (SSSR count). The van der Waals surface area contributed by atoms with E-state index < -0.39 is 0 Å². The van der Waals surface area contributed by atoms with Crippen LogP contribution >= 0.6 is 0 Å². The van der Waals surface area contributed by atoms with Gasteiger partial charge >= 0.3 is 0 Å². The molecule has 1 aromatic carbocycles. The lowest BCUT2D eigenvalue weighted by Gasteiger charge is -2.30. The van der Waals surface area contributed by atoms with Crippen LogP contribution in [0.1, 0.15) is 36.7 Å². The van der Waals surface area contributed by atoms with Gasteiger partial charge in [-0.3, -0.25) is 9.78 Å². The number of fused-ring (bicyclic) bond motifs is 1. The van der Waals surface area contributed by atoms with Crippen LogP contribution in [0.15, 0.2) is 48.7 Å². The number of carbonyl (C=O) groups excluding carboxylic acids is 1. The van der Waals surface area contributed by atoms with Gasteiger partial charge in [0, 0.05) is 18.7 Å². The lowest BCUT2D eigenvalue weighted by Crippen LogP contribution is -2.41. The van der Waals surface area contributed by atoms with E-state index in [0.717, 1.165) is 30.0 Å². The lowest BCUT2D eigenvalue weighted by atomic mass is 9.85. The fourth-order valence-electron chi connectivity index (χ4n) is 4.22. The molecule has 2 saturated heterocycles. The topological polar surface area (TPSA) is 66.5 Å². The van der Waals surface area contributed by atoms with Crippen LogP contribution in [0.4, 0.5) is 0 Å². The molecule has 2 fully saturated rings. The number of hydrazine groups is 1. The largest absolute Gasteiger partial charge is 0.497 e. The number of carbonyl (C=O) groups is 1. The van der Waals surface area contributed by atoms with Crippen molar-refractivity contribution in [1.82, 2.24) is 20.7 Å². The molecule has 6 nitrogen and oxygen atoms in total. The van der Waals surface area contributed by atoms with Crippen LogP contribution in [-0.2, 0) is 4.79 Å². The van der Waals surface area contributed by atoms with Crippen molar-refractivity contribution in [2.75, 3.05) is 13.7 Å². The van der Waals surface area contributed by atoms with E-state index in [1.54, 1.807) is 13.3 Å². The maximum Gasteiger partial charge on any atom is 0.242 e. The Morgan fingerprint density at radius 2 is 2.00 bits per heavy atom. The number of hydrogen-bond acceptors (Lipinski definition) is 5. The molecule has 0 spiro atoms. The van der Waals surface area contributed by atoms with Crippen molar-refractivity contribution in [3.8, 4) is 5.75 Å². The summed E-state index contributed by atoms with van der Waals surface area (Å²) in [6.07, 6.45) is 2.72. The third-order valence-electron chi connectivity index (χ3n) is 5.32. The number of nitrogens with zero attached hydrogens (tertiary/aromatic N) is 2. The van der Waals surface area contributed by atoms with E-state index in [1.807, 2.05) is 41.3 Å². The maximum atomic E-state index is 13.0. The molecular weight excluding hydrogens is 328 g/mol. The standard InChI is InChI=1S/C20H24N4O2/c1-3-11-24-19(15-9-4-5-10-21-15)16-17(22-23-18(16)20(24)25)13-7-6-8-14(12-13)26-2/h4-10,12,16-19,22-23H,3,11H2,1-2H3. The Hall–Kier alpha value is -2.44. The number of rotatable bonds is 5. The maximum absolute atomic E-state index is 13.0. The molecule has 3 heterocycles. The summed E-state index contributed by atoms with van der Waals surface area (Å²) in [6, 6.07) is 13.7. The highest BCUT2D eigenvalue weighted by atomic mass is 16.5. The Morgan fingerprint density at radius 1 is 1.15 bits per heavy atom. The van der Waals surface area contributed by atoms with E-state index in [9.17, 15) is 4.79 Å². The first-order valence-electron chi connectivity index (χ1n) is 9.11. The number of hydrogen-bond donors (Lipinski definition) is 2. The van der Waals surface area contributed by atoms with E-state index in [0.29, 0.717) is 0 Å². The van der Waals surface area contributed by atoms with Crippen LogP contribution in [0.25, 0.3) is 0 Å². The van der Waals surface area contributed by atoms with Gasteiger partial charge in [-0.2, -0.15) is 0 Å². The van der Waals surface area contributed by atoms with Crippen molar-refractivity contribution in [2.45, 2.75) is 31.5 Å². The van der Waals surface area contributed by atoms with Crippen LogP contribution in [0.3, 0.4) is 0 Å². The fraction of sp³-hybridized carbons (Fsp3) is 0.400. The van der Waals surface area contributed by atoms with E-state index in [-0.39, 0.29) is 30.0 Å². The molecule has 2 N–H and O–H groups in total. The number of aromatic nitrogens is 1. The zero-order valence-electron chi connectivity index (χ0n) is 15.1. The number of amides is 1. The number of benzene rings is 1. The SMILES string of the molecule is CCCN1C(=O)C2NNC(c3cccc(OC)c3)C2C1c1ccccn1. The Morgan fingerprint density at radius 3 is 2.73 bits per heavy atom. The Kier molecular flexibility index (Phi) is 4.61. The Balaban J connectivity index is 1.75. The van der Waals surface area contributed by atoms with Crippen molar-refractivity contribution in [3.05, 3.63) is 59.9 Å². The zero-order valence-corrected chi connectivity index (χ0v) is 15.1. The average molecular weight is 352 g/mol. The van der Waals surface area contributed by atoms with Crippen molar-refractivity contribution < 1.29 is 9.53 Å². The van der Waals surface area contributed by atoms with Gasteiger partial charge in [0.25, 0.3) is 0 Å². The fourth-order valence-corrected chi connectivity index (χ4v) is 4.22.